The first-order chi connectivity index (χ1) is 17.4. The van der Waals surface area contributed by atoms with Crippen molar-refractivity contribution in [1.82, 2.24) is 19.4 Å². The third-order valence-electron chi connectivity index (χ3n) is 7.69. The van der Waals surface area contributed by atoms with E-state index in [9.17, 15) is 14.4 Å². The van der Waals surface area contributed by atoms with E-state index in [4.69, 9.17) is 0 Å². The van der Waals surface area contributed by atoms with E-state index >= 15 is 0 Å². The van der Waals surface area contributed by atoms with Gasteiger partial charge in [-0.2, -0.15) is 0 Å². The summed E-state index contributed by atoms with van der Waals surface area (Å²) < 4.78 is 1.96. The topological polar surface area (TPSA) is 75.5 Å². The Hall–Kier alpha value is -3.74. The Labute approximate surface area is 211 Å². The lowest BCUT2D eigenvalue weighted by atomic mass is 9.73. The average molecular weight is 485 g/mol. The standard InChI is InChI=1S/C29H32N4O3/c1-21-10-6-7-13-23(21)29(19-26(35)33(28(29)36)20-22-11-4-3-5-12-22)18-25(34)32-16-9-8-14-24(32)27-30-15-17-31(27)2/h3-7,10-13,15,17,24H,8-9,14,16,18-20H2,1-2H3/t24-,29+/m1/s1. The number of aryl methyl sites for hydroxylation is 2. The van der Waals surface area contributed by atoms with Gasteiger partial charge in [0, 0.05) is 38.8 Å². The number of imide groups is 1. The van der Waals surface area contributed by atoms with Crippen molar-refractivity contribution in [3.05, 3.63) is 89.5 Å². The second kappa shape index (κ2) is 9.72. The third kappa shape index (κ3) is 4.23. The van der Waals surface area contributed by atoms with Crippen LogP contribution in [0.5, 0.6) is 0 Å². The predicted octanol–water partition coefficient (Wildman–Crippen LogP) is 4.07. The van der Waals surface area contributed by atoms with E-state index in [1.165, 1.54) is 4.90 Å². The third-order valence-corrected chi connectivity index (χ3v) is 7.69. The quantitative estimate of drug-likeness (QED) is 0.495. The zero-order valence-corrected chi connectivity index (χ0v) is 20.9. The van der Waals surface area contributed by atoms with E-state index < -0.39 is 5.41 Å². The van der Waals surface area contributed by atoms with Crippen molar-refractivity contribution in [2.45, 2.75) is 57.0 Å². The van der Waals surface area contributed by atoms with Gasteiger partial charge in [0.1, 0.15) is 5.82 Å². The molecule has 3 aromatic rings. The fourth-order valence-electron chi connectivity index (χ4n) is 5.84. The van der Waals surface area contributed by atoms with Gasteiger partial charge in [-0.05, 0) is 42.9 Å². The Bertz CT molecular complexity index is 1280. The number of aromatic nitrogens is 2. The summed E-state index contributed by atoms with van der Waals surface area (Å²) in [6, 6.07) is 17.0. The van der Waals surface area contributed by atoms with Gasteiger partial charge in [0.2, 0.25) is 17.7 Å². The molecule has 2 aliphatic heterocycles. The van der Waals surface area contributed by atoms with Crippen molar-refractivity contribution < 1.29 is 14.4 Å². The molecular formula is C29H32N4O3. The first-order valence-corrected chi connectivity index (χ1v) is 12.6. The molecular weight excluding hydrogens is 452 g/mol. The minimum atomic E-state index is -1.21. The summed E-state index contributed by atoms with van der Waals surface area (Å²) in [5.74, 6) is 0.227. The number of nitrogens with zero attached hydrogens (tertiary/aromatic N) is 4. The Morgan fingerprint density at radius 2 is 1.81 bits per heavy atom. The van der Waals surface area contributed by atoms with E-state index in [-0.39, 0.29) is 43.1 Å². The van der Waals surface area contributed by atoms with Crippen molar-refractivity contribution >= 4 is 17.7 Å². The van der Waals surface area contributed by atoms with Gasteiger partial charge in [-0.1, -0.05) is 54.6 Å². The number of benzene rings is 2. The van der Waals surface area contributed by atoms with Gasteiger partial charge in [-0.3, -0.25) is 19.3 Å². The van der Waals surface area contributed by atoms with Crippen LogP contribution >= 0.6 is 0 Å². The van der Waals surface area contributed by atoms with E-state index in [1.807, 2.05) is 84.2 Å². The first kappa shape index (κ1) is 24.0. The van der Waals surface area contributed by atoms with Crippen LogP contribution < -0.4 is 0 Å². The molecule has 0 aliphatic carbocycles. The molecule has 2 fully saturated rings. The van der Waals surface area contributed by atoms with Crippen LogP contribution in [0.15, 0.2) is 67.0 Å². The molecule has 7 heteroatoms. The molecule has 0 bridgehead atoms. The molecule has 2 saturated heterocycles. The maximum Gasteiger partial charge on any atom is 0.241 e. The molecule has 2 aliphatic rings. The molecule has 2 aromatic carbocycles. The van der Waals surface area contributed by atoms with Crippen LogP contribution in [0.2, 0.25) is 0 Å². The molecule has 7 nitrogen and oxygen atoms in total. The largest absolute Gasteiger partial charge is 0.336 e. The van der Waals surface area contributed by atoms with E-state index in [0.29, 0.717) is 6.54 Å². The Morgan fingerprint density at radius 3 is 2.53 bits per heavy atom. The van der Waals surface area contributed by atoms with E-state index in [2.05, 4.69) is 4.98 Å². The van der Waals surface area contributed by atoms with Crippen LogP contribution in [0, 0.1) is 6.92 Å². The summed E-state index contributed by atoms with van der Waals surface area (Å²) in [5, 5.41) is 0. The SMILES string of the molecule is Cc1ccccc1[C@]1(CC(=O)N2CCCC[C@@H]2c2nccn2C)CC(=O)N(Cc2ccccc2)C1=O. The van der Waals surface area contributed by atoms with E-state index in [0.717, 1.165) is 41.8 Å². The summed E-state index contributed by atoms with van der Waals surface area (Å²) >= 11 is 0. The van der Waals surface area contributed by atoms with Crippen LogP contribution in [-0.4, -0.2) is 43.6 Å². The summed E-state index contributed by atoms with van der Waals surface area (Å²) in [7, 11) is 1.94. The molecule has 0 unspecified atom stereocenters. The highest BCUT2D eigenvalue weighted by molar-refractivity contribution is 6.10. The van der Waals surface area contributed by atoms with Gasteiger partial charge in [0.15, 0.2) is 0 Å². The maximum atomic E-state index is 14.1. The number of likely N-dealkylation sites (tertiary alicyclic amines) is 2. The second-order valence-electron chi connectivity index (χ2n) is 10.0. The molecule has 0 N–H and O–H groups in total. The monoisotopic (exact) mass is 484 g/mol. The van der Waals surface area contributed by atoms with Crippen molar-refractivity contribution in [3.63, 3.8) is 0 Å². The summed E-state index contributed by atoms with van der Waals surface area (Å²) in [5.41, 5.74) is 1.35. The fraction of sp³-hybridized carbons (Fsp3) is 0.379. The minimum absolute atomic E-state index is 0.00380. The van der Waals surface area contributed by atoms with Gasteiger partial charge in [0.25, 0.3) is 0 Å². The van der Waals surface area contributed by atoms with Gasteiger partial charge in [-0.25, -0.2) is 4.98 Å². The van der Waals surface area contributed by atoms with Gasteiger partial charge >= 0.3 is 0 Å². The van der Waals surface area contributed by atoms with Gasteiger partial charge in [0.05, 0.1) is 18.0 Å². The highest BCUT2D eigenvalue weighted by Gasteiger charge is 2.55. The molecule has 3 heterocycles. The van der Waals surface area contributed by atoms with Crippen LogP contribution in [0.25, 0.3) is 0 Å². The van der Waals surface area contributed by atoms with Crippen molar-refractivity contribution in [2.75, 3.05) is 6.54 Å². The van der Waals surface area contributed by atoms with Crippen LogP contribution in [0.1, 0.15) is 60.7 Å². The molecule has 0 radical (unpaired) electrons. The number of piperidine rings is 1. The number of carbonyl (C=O) groups is 3. The molecule has 36 heavy (non-hydrogen) atoms. The number of amides is 3. The highest BCUT2D eigenvalue weighted by atomic mass is 16.2. The maximum absolute atomic E-state index is 14.1. The minimum Gasteiger partial charge on any atom is -0.336 e. The van der Waals surface area contributed by atoms with Crippen molar-refractivity contribution in [1.29, 1.82) is 0 Å². The zero-order valence-electron chi connectivity index (χ0n) is 20.9. The Morgan fingerprint density at radius 1 is 1.06 bits per heavy atom. The zero-order chi connectivity index (χ0) is 25.3. The molecule has 186 valence electrons. The molecule has 2 atom stereocenters. The van der Waals surface area contributed by atoms with Crippen molar-refractivity contribution in [3.8, 4) is 0 Å². The Kier molecular flexibility index (Phi) is 6.48. The molecule has 0 saturated carbocycles. The smallest absolute Gasteiger partial charge is 0.241 e. The molecule has 0 spiro atoms. The lowest BCUT2D eigenvalue weighted by Crippen LogP contribution is -2.46. The number of imidazole rings is 1. The summed E-state index contributed by atoms with van der Waals surface area (Å²) in [6.07, 6.45) is 6.37. The fourth-order valence-corrected chi connectivity index (χ4v) is 5.84. The molecule has 5 rings (SSSR count). The lowest BCUT2D eigenvalue weighted by molar-refractivity contribution is -0.144. The first-order valence-electron chi connectivity index (χ1n) is 12.6. The number of rotatable bonds is 6. The Balaban J connectivity index is 1.50. The van der Waals surface area contributed by atoms with Crippen LogP contribution in [-0.2, 0) is 33.4 Å². The predicted molar refractivity (Wildman–Crippen MR) is 136 cm³/mol. The molecule has 1 aromatic heterocycles. The second-order valence-corrected chi connectivity index (χ2v) is 10.0. The van der Waals surface area contributed by atoms with Crippen molar-refractivity contribution in [2.24, 2.45) is 7.05 Å². The van der Waals surface area contributed by atoms with Gasteiger partial charge in [-0.15, -0.1) is 0 Å². The van der Waals surface area contributed by atoms with Crippen LogP contribution in [0.4, 0.5) is 0 Å². The van der Waals surface area contributed by atoms with Gasteiger partial charge < -0.3 is 9.47 Å². The summed E-state index contributed by atoms with van der Waals surface area (Å²) in [4.78, 5) is 49.1. The van der Waals surface area contributed by atoms with Crippen LogP contribution in [0.3, 0.4) is 0 Å². The normalized spacial score (nSPS) is 22.3. The average Bonchev–Trinajstić information content (AvgIpc) is 3.41. The number of hydrogen-bond acceptors (Lipinski definition) is 4. The highest BCUT2D eigenvalue weighted by Crippen LogP contribution is 2.43. The number of hydrogen-bond donors (Lipinski definition) is 0. The molecule has 3 amide bonds. The number of carbonyl (C=O) groups excluding carboxylic acids is 3. The lowest BCUT2D eigenvalue weighted by Gasteiger charge is -2.38. The van der Waals surface area contributed by atoms with E-state index in [1.54, 1.807) is 6.20 Å². The summed E-state index contributed by atoms with van der Waals surface area (Å²) in [6.45, 7) is 2.77.